The van der Waals surface area contributed by atoms with Gasteiger partial charge in [0, 0.05) is 18.6 Å². The number of hydrogen-bond donors (Lipinski definition) is 0. The zero-order valence-corrected chi connectivity index (χ0v) is 12.8. The second-order valence-electron chi connectivity index (χ2n) is 4.63. The summed E-state index contributed by atoms with van der Waals surface area (Å²) in [5.74, 6) is -1.09. The first kappa shape index (κ1) is 16.9. The van der Waals surface area contributed by atoms with Crippen molar-refractivity contribution >= 4 is 17.4 Å². The van der Waals surface area contributed by atoms with E-state index in [2.05, 4.69) is 6.92 Å². The summed E-state index contributed by atoms with van der Waals surface area (Å²) in [4.78, 5) is 12.4. The summed E-state index contributed by atoms with van der Waals surface area (Å²) in [5.41, 5.74) is 0.256. The molecule has 1 unspecified atom stereocenters. The smallest absolute Gasteiger partial charge is 0.173 e. The fourth-order valence-corrected chi connectivity index (χ4v) is 2.36. The van der Waals surface area contributed by atoms with Gasteiger partial charge in [-0.25, -0.2) is 4.39 Å². The molecule has 0 aliphatic carbocycles. The Bertz CT molecular complexity index is 439. The standard InChI is InChI=1S/C15H20ClFO3/c1-4-5-6-10(9-19-2)14(18)11-7-12(16)15(20-3)13(17)8-11/h7-8,10H,4-6,9H2,1-3H3. The quantitative estimate of drug-likeness (QED) is 0.678. The molecule has 1 atom stereocenters. The topological polar surface area (TPSA) is 35.5 Å². The van der Waals surface area contributed by atoms with Crippen molar-refractivity contribution in [1.82, 2.24) is 0 Å². The molecule has 0 bridgehead atoms. The lowest BCUT2D eigenvalue weighted by Crippen LogP contribution is -2.20. The maximum Gasteiger partial charge on any atom is 0.173 e. The minimum atomic E-state index is -0.630. The van der Waals surface area contributed by atoms with Gasteiger partial charge < -0.3 is 9.47 Å². The van der Waals surface area contributed by atoms with Gasteiger partial charge >= 0.3 is 0 Å². The number of Topliss-reactive ketones (excluding diaryl/α,β-unsaturated/α-hetero) is 1. The number of ketones is 1. The predicted octanol–water partition coefficient (Wildman–Crippen LogP) is 4.12. The Morgan fingerprint density at radius 3 is 2.60 bits per heavy atom. The molecule has 1 aromatic rings. The van der Waals surface area contributed by atoms with Gasteiger partial charge in [-0.15, -0.1) is 0 Å². The van der Waals surface area contributed by atoms with Crippen molar-refractivity contribution in [2.45, 2.75) is 26.2 Å². The van der Waals surface area contributed by atoms with Crippen LogP contribution < -0.4 is 4.74 Å². The number of halogens is 2. The summed E-state index contributed by atoms with van der Waals surface area (Å²) in [6.45, 7) is 2.38. The number of unbranched alkanes of at least 4 members (excludes halogenated alkanes) is 1. The van der Waals surface area contributed by atoms with Crippen LogP contribution in [-0.4, -0.2) is 26.6 Å². The van der Waals surface area contributed by atoms with Crippen LogP contribution in [0, 0.1) is 11.7 Å². The van der Waals surface area contributed by atoms with Crippen molar-refractivity contribution in [2.24, 2.45) is 5.92 Å². The molecule has 0 saturated carbocycles. The van der Waals surface area contributed by atoms with E-state index >= 15 is 0 Å². The highest BCUT2D eigenvalue weighted by atomic mass is 35.5. The fraction of sp³-hybridized carbons (Fsp3) is 0.533. The van der Waals surface area contributed by atoms with E-state index in [-0.39, 0.29) is 28.0 Å². The molecule has 112 valence electrons. The molecule has 1 rings (SSSR count). The first-order valence-corrected chi connectivity index (χ1v) is 6.99. The van der Waals surface area contributed by atoms with E-state index in [0.717, 1.165) is 12.8 Å². The van der Waals surface area contributed by atoms with E-state index in [1.54, 1.807) is 7.11 Å². The monoisotopic (exact) mass is 302 g/mol. The molecule has 0 aliphatic rings. The predicted molar refractivity (Wildman–Crippen MR) is 77.2 cm³/mol. The average Bonchev–Trinajstić information content (AvgIpc) is 2.42. The van der Waals surface area contributed by atoms with E-state index < -0.39 is 5.82 Å². The van der Waals surface area contributed by atoms with Gasteiger partial charge in [0.25, 0.3) is 0 Å². The van der Waals surface area contributed by atoms with Crippen LogP contribution in [0.4, 0.5) is 4.39 Å². The van der Waals surface area contributed by atoms with Crippen LogP contribution in [0.1, 0.15) is 36.5 Å². The third kappa shape index (κ3) is 4.18. The molecule has 0 aromatic heterocycles. The summed E-state index contributed by atoms with van der Waals surface area (Å²) in [6, 6.07) is 2.61. The highest BCUT2D eigenvalue weighted by molar-refractivity contribution is 6.32. The summed E-state index contributed by atoms with van der Waals surface area (Å²) in [6.07, 6.45) is 2.63. The van der Waals surface area contributed by atoms with Crippen molar-refractivity contribution in [2.75, 3.05) is 20.8 Å². The second kappa shape index (κ2) is 8.22. The zero-order valence-electron chi connectivity index (χ0n) is 12.0. The molecule has 0 radical (unpaired) electrons. The molecule has 5 heteroatoms. The molecular formula is C15H20ClFO3. The lowest BCUT2D eigenvalue weighted by atomic mass is 9.93. The number of carbonyl (C=O) groups is 1. The van der Waals surface area contributed by atoms with E-state index in [9.17, 15) is 9.18 Å². The van der Waals surface area contributed by atoms with E-state index in [4.69, 9.17) is 21.1 Å². The first-order chi connectivity index (χ1) is 9.54. The first-order valence-electron chi connectivity index (χ1n) is 6.61. The number of rotatable bonds is 8. The van der Waals surface area contributed by atoms with Crippen LogP contribution in [0.25, 0.3) is 0 Å². The van der Waals surface area contributed by atoms with Crippen molar-refractivity contribution in [3.05, 3.63) is 28.5 Å². The van der Waals surface area contributed by atoms with Crippen LogP contribution in [0.2, 0.25) is 5.02 Å². The van der Waals surface area contributed by atoms with Crippen LogP contribution in [-0.2, 0) is 4.74 Å². The number of carbonyl (C=O) groups excluding carboxylic acids is 1. The van der Waals surface area contributed by atoms with Crippen LogP contribution in [0.5, 0.6) is 5.75 Å². The zero-order chi connectivity index (χ0) is 15.1. The van der Waals surface area contributed by atoms with Gasteiger partial charge in [0.15, 0.2) is 17.3 Å². The van der Waals surface area contributed by atoms with Gasteiger partial charge in [0.05, 0.1) is 18.7 Å². The maximum absolute atomic E-state index is 13.8. The molecule has 0 N–H and O–H groups in total. The molecule has 1 aromatic carbocycles. The van der Waals surface area contributed by atoms with Crippen molar-refractivity contribution in [1.29, 1.82) is 0 Å². The Morgan fingerprint density at radius 2 is 2.10 bits per heavy atom. The van der Waals surface area contributed by atoms with E-state index in [0.29, 0.717) is 13.0 Å². The summed E-state index contributed by atoms with van der Waals surface area (Å²) in [5, 5.41) is 0.0995. The Morgan fingerprint density at radius 1 is 1.40 bits per heavy atom. The van der Waals surface area contributed by atoms with Gasteiger partial charge in [0.2, 0.25) is 0 Å². The van der Waals surface area contributed by atoms with Crippen LogP contribution in [0.15, 0.2) is 12.1 Å². The molecule has 0 heterocycles. The van der Waals surface area contributed by atoms with Gasteiger partial charge in [-0.1, -0.05) is 31.4 Å². The van der Waals surface area contributed by atoms with E-state index in [1.807, 2.05) is 0 Å². The third-order valence-electron chi connectivity index (χ3n) is 3.13. The summed E-state index contributed by atoms with van der Waals surface area (Å²) < 4.78 is 23.7. The van der Waals surface area contributed by atoms with Gasteiger partial charge in [-0.3, -0.25) is 4.79 Å². The molecule has 3 nitrogen and oxygen atoms in total. The highest BCUT2D eigenvalue weighted by Crippen LogP contribution is 2.30. The third-order valence-corrected chi connectivity index (χ3v) is 3.41. The minimum absolute atomic E-state index is 0.0416. The summed E-state index contributed by atoms with van der Waals surface area (Å²) in [7, 11) is 2.88. The second-order valence-corrected chi connectivity index (χ2v) is 5.04. The molecule has 0 spiro atoms. The van der Waals surface area contributed by atoms with E-state index in [1.165, 1.54) is 19.2 Å². The van der Waals surface area contributed by atoms with Crippen molar-refractivity contribution in [3.63, 3.8) is 0 Å². The Labute approximate surface area is 124 Å². The molecule has 0 saturated heterocycles. The van der Waals surface area contributed by atoms with Crippen LogP contribution >= 0.6 is 11.6 Å². The van der Waals surface area contributed by atoms with Crippen LogP contribution in [0.3, 0.4) is 0 Å². The number of hydrogen-bond acceptors (Lipinski definition) is 3. The van der Waals surface area contributed by atoms with Crippen molar-refractivity contribution in [3.8, 4) is 5.75 Å². The normalized spacial score (nSPS) is 12.2. The molecule has 20 heavy (non-hydrogen) atoms. The SMILES string of the molecule is CCCCC(COC)C(=O)c1cc(F)c(OC)c(Cl)c1. The van der Waals surface area contributed by atoms with Gasteiger partial charge in [-0.05, 0) is 18.6 Å². The van der Waals surface area contributed by atoms with Gasteiger partial charge in [0.1, 0.15) is 0 Å². The van der Waals surface area contributed by atoms with Gasteiger partial charge in [-0.2, -0.15) is 0 Å². The number of benzene rings is 1. The fourth-order valence-electron chi connectivity index (χ4n) is 2.07. The minimum Gasteiger partial charge on any atom is -0.492 e. The highest BCUT2D eigenvalue weighted by Gasteiger charge is 2.22. The lowest BCUT2D eigenvalue weighted by molar-refractivity contribution is 0.0791. The molecule has 0 fully saturated rings. The van der Waals surface area contributed by atoms with Crippen molar-refractivity contribution < 1.29 is 18.7 Å². The largest absolute Gasteiger partial charge is 0.492 e. The molecule has 0 aliphatic heterocycles. The Balaban J connectivity index is 2.99. The molecule has 0 amide bonds. The number of ether oxygens (including phenoxy) is 2. The Kier molecular flexibility index (Phi) is 6.96. The molecular weight excluding hydrogens is 283 g/mol. The average molecular weight is 303 g/mol. The number of methoxy groups -OCH3 is 2. The summed E-state index contributed by atoms with van der Waals surface area (Å²) >= 11 is 5.92. The maximum atomic E-state index is 13.8. The lowest BCUT2D eigenvalue weighted by Gasteiger charge is -2.15. The Hall–Kier alpha value is -1.13.